The standard InChI is InChI=1S/C23H22N4O2/c1-4-18-7-6-10-21(13-18)25-22(28)14-24-23(29)20-9-5-8-19(12-20)15-27-17(3)11-16(2)26-27/h1,5-13H,14-15H2,2-3H3,(H,24,29)(H,25,28). The molecule has 0 aliphatic rings. The third-order valence-electron chi connectivity index (χ3n) is 4.35. The van der Waals surface area contributed by atoms with Crippen molar-refractivity contribution in [2.45, 2.75) is 20.4 Å². The number of hydrogen-bond acceptors (Lipinski definition) is 3. The molecule has 0 aliphatic heterocycles. The predicted octanol–water partition coefficient (Wildman–Crippen LogP) is 2.90. The summed E-state index contributed by atoms with van der Waals surface area (Å²) >= 11 is 0. The number of nitrogens with one attached hydrogen (secondary N) is 2. The highest BCUT2D eigenvalue weighted by molar-refractivity contribution is 5.99. The van der Waals surface area contributed by atoms with E-state index in [0.717, 1.165) is 17.0 Å². The molecule has 2 N–H and O–H groups in total. The molecule has 6 heteroatoms. The van der Waals surface area contributed by atoms with Crippen molar-refractivity contribution in [2.24, 2.45) is 0 Å². The van der Waals surface area contributed by atoms with Crippen LogP contribution in [0.5, 0.6) is 0 Å². The lowest BCUT2D eigenvalue weighted by Gasteiger charge is -2.09. The van der Waals surface area contributed by atoms with Gasteiger partial charge in [-0.2, -0.15) is 5.10 Å². The number of rotatable bonds is 6. The topological polar surface area (TPSA) is 76.0 Å². The van der Waals surface area contributed by atoms with Gasteiger partial charge in [0.15, 0.2) is 0 Å². The van der Waals surface area contributed by atoms with Crippen LogP contribution in [0.15, 0.2) is 54.6 Å². The van der Waals surface area contributed by atoms with E-state index in [2.05, 4.69) is 21.7 Å². The molecule has 29 heavy (non-hydrogen) atoms. The number of carbonyl (C=O) groups excluding carboxylic acids is 2. The molecule has 0 bridgehead atoms. The number of aryl methyl sites for hydroxylation is 2. The third-order valence-corrected chi connectivity index (χ3v) is 4.35. The van der Waals surface area contributed by atoms with Crippen molar-refractivity contribution in [1.29, 1.82) is 0 Å². The summed E-state index contributed by atoms with van der Waals surface area (Å²) in [5.74, 6) is 1.87. The van der Waals surface area contributed by atoms with Crippen LogP contribution in [0.4, 0.5) is 5.69 Å². The molecule has 2 aromatic carbocycles. The first kappa shape index (κ1) is 19.9. The molecule has 0 spiro atoms. The van der Waals surface area contributed by atoms with Crippen molar-refractivity contribution in [3.8, 4) is 12.3 Å². The van der Waals surface area contributed by atoms with Crippen molar-refractivity contribution in [3.63, 3.8) is 0 Å². The Bertz CT molecular complexity index is 1090. The van der Waals surface area contributed by atoms with Gasteiger partial charge in [-0.25, -0.2) is 0 Å². The number of terminal acetylenes is 1. The van der Waals surface area contributed by atoms with E-state index in [1.54, 1.807) is 36.4 Å². The number of aromatic nitrogens is 2. The summed E-state index contributed by atoms with van der Waals surface area (Å²) in [6, 6.07) is 16.3. The third kappa shape index (κ3) is 5.33. The maximum absolute atomic E-state index is 12.4. The Morgan fingerprint density at radius 2 is 1.90 bits per heavy atom. The molecule has 146 valence electrons. The minimum atomic E-state index is -0.327. The van der Waals surface area contributed by atoms with Gasteiger partial charge >= 0.3 is 0 Å². The van der Waals surface area contributed by atoms with Crippen LogP contribution in [-0.2, 0) is 11.3 Å². The normalized spacial score (nSPS) is 10.2. The SMILES string of the molecule is C#Cc1cccc(NC(=O)CNC(=O)c2cccc(Cn3nc(C)cc3C)c2)c1. The Labute approximate surface area is 169 Å². The average Bonchev–Trinajstić information content (AvgIpc) is 3.03. The Hall–Kier alpha value is -3.85. The summed E-state index contributed by atoms with van der Waals surface area (Å²) in [4.78, 5) is 24.5. The number of anilines is 1. The number of amides is 2. The van der Waals surface area contributed by atoms with Crippen LogP contribution in [0.3, 0.4) is 0 Å². The van der Waals surface area contributed by atoms with E-state index >= 15 is 0 Å². The van der Waals surface area contributed by atoms with Crippen LogP contribution in [-0.4, -0.2) is 28.1 Å². The van der Waals surface area contributed by atoms with Gasteiger partial charge < -0.3 is 10.6 Å². The molecule has 0 unspecified atom stereocenters. The van der Waals surface area contributed by atoms with E-state index in [1.807, 2.05) is 36.7 Å². The summed E-state index contributed by atoms with van der Waals surface area (Å²) in [6.45, 7) is 4.38. The summed E-state index contributed by atoms with van der Waals surface area (Å²) in [5, 5.41) is 9.80. The van der Waals surface area contributed by atoms with Gasteiger partial charge in [0.2, 0.25) is 5.91 Å². The van der Waals surface area contributed by atoms with Crippen molar-refractivity contribution in [3.05, 3.63) is 82.7 Å². The van der Waals surface area contributed by atoms with Crippen molar-refractivity contribution in [1.82, 2.24) is 15.1 Å². The van der Waals surface area contributed by atoms with E-state index in [9.17, 15) is 9.59 Å². The molecule has 0 radical (unpaired) electrons. The second-order valence-electron chi connectivity index (χ2n) is 6.74. The number of hydrogen-bond donors (Lipinski definition) is 2. The highest BCUT2D eigenvalue weighted by atomic mass is 16.2. The van der Waals surface area contributed by atoms with Gasteiger partial charge in [-0.15, -0.1) is 6.42 Å². The van der Waals surface area contributed by atoms with Crippen LogP contribution in [0.1, 0.15) is 32.9 Å². The molecule has 3 aromatic rings. The zero-order valence-electron chi connectivity index (χ0n) is 16.4. The number of benzene rings is 2. The maximum atomic E-state index is 12.4. The second kappa shape index (κ2) is 8.89. The fourth-order valence-electron chi connectivity index (χ4n) is 2.97. The van der Waals surface area contributed by atoms with Crippen molar-refractivity contribution in [2.75, 3.05) is 11.9 Å². The Kier molecular flexibility index (Phi) is 6.10. The molecule has 1 heterocycles. The molecule has 0 aliphatic carbocycles. The Balaban J connectivity index is 1.58. The molecule has 0 saturated heterocycles. The molecule has 6 nitrogen and oxygen atoms in total. The van der Waals surface area contributed by atoms with Gasteiger partial charge in [0.1, 0.15) is 0 Å². The lowest BCUT2D eigenvalue weighted by Crippen LogP contribution is -2.32. The van der Waals surface area contributed by atoms with E-state index < -0.39 is 0 Å². The first-order valence-corrected chi connectivity index (χ1v) is 9.19. The average molecular weight is 386 g/mol. The van der Waals surface area contributed by atoms with Gasteiger partial charge in [-0.3, -0.25) is 14.3 Å². The molecule has 1 aromatic heterocycles. The highest BCUT2D eigenvalue weighted by Gasteiger charge is 2.10. The van der Waals surface area contributed by atoms with E-state index in [1.165, 1.54) is 0 Å². The fraction of sp³-hybridized carbons (Fsp3) is 0.174. The monoisotopic (exact) mass is 386 g/mol. The van der Waals surface area contributed by atoms with Gasteiger partial charge in [-0.05, 0) is 55.8 Å². The largest absolute Gasteiger partial charge is 0.343 e. The molecule has 3 rings (SSSR count). The first-order chi connectivity index (χ1) is 13.9. The number of nitrogens with zero attached hydrogens (tertiary/aromatic N) is 2. The Morgan fingerprint density at radius 1 is 1.10 bits per heavy atom. The van der Waals surface area contributed by atoms with E-state index in [0.29, 0.717) is 23.4 Å². The summed E-state index contributed by atoms with van der Waals surface area (Å²) < 4.78 is 1.89. The van der Waals surface area contributed by atoms with Gasteiger partial charge in [0.05, 0.1) is 18.8 Å². The minimum absolute atomic E-state index is 0.138. The smallest absolute Gasteiger partial charge is 0.251 e. The lowest BCUT2D eigenvalue weighted by atomic mass is 10.1. The molecule has 2 amide bonds. The van der Waals surface area contributed by atoms with Gasteiger partial charge in [0, 0.05) is 22.5 Å². The summed E-state index contributed by atoms with van der Waals surface area (Å²) in [5.41, 5.74) is 4.72. The van der Waals surface area contributed by atoms with Crippen LogP contribution >= 0.6 is 0 Å². The highest BCUT2D eigenvalue weighted by Crippen LogP contribution is 2.11. The van der Waals surface area contributed by atoms with E-state index in [4.69, 9.17) is 6.42 Å². The van der Waals surface area contributed by atoms with Crippen molar-refractivity contribution >= 4 is 17.5 Å². The quantitative estimate of drug-likeness (QED) is 0.640. The summed E-state index contributed by atoms with van der Waals surface area (Å²) in [7, 11) is 0. The Morgan fingerprint density at radius 3 is 2.62 bits per heavy atom. The first-order valence-electron chi connectivity index (χ1n) is 9.19. The van der Waals surface area contributed by atoms with Crippen LogP contribution in [0.25, 0.3) is 0 Å². The van der Waals surface area contributed by atoms with E-state index in [-0.39, 0.29) is 18.4 Å². The minimum Gasteiger partial charge on any atom is -0.343 e. The second-order valence-corrected chi connectivity index (χ2v) is 6.74. The molecular weight excluding hydrogens is 364 g/mol. The summed E-state index contributed by atoms with van der Waals surface area (Å²) in [6.07, 6.45) is 5.36. The van der Waals surface area contributed by atoms with Crippen molar-refractivity contribution < 1.29 is 9.59 Å². The van der Waals surface area contributed by atoms with Gasteiger partial charge in [-0.1, -0.05) is 24.1 Å². The number of carbonyl (C=O) groups is 2. The zero-order chi connectivity index (χ0) is 20.8. The molecular formula is C23H22N4O2. The van der Waals surface area contributed by atoms with Crippen LogP contribution in [0.2, 0.25) is 0 Å². The predicted molar refractivity (Wildman–Crippen MR) is 113 cm³/mol. The van der Waals surface area contributed by atoms with Crippen LogP contribution in [0, 0.1) is 26.2 Å². The zero-order valence-corrected chi connectivity index (χ0v) is 16.4. The van der Waals surface area contributed by atoms with Gasteiger partial charge in [0.25, 0.3) is 5.91 Å². The molecule has 0 saturated carbocycles. The molecule has 0 atom stereocenters. The fourth-order valence-corrected chi connectivity index (χ4v) is 2.97. The lowest BCUT2D eigenvalue weighted by molar-refractivity contribution is -0.115. The maximum Gasteiger partial charge on any atom is 0.251 e. The molecule has 0 fully saturated rings. The van der Waals surface area contributed by atoms with Crippen LogP contribution < -0.4 is 10.6 Å².